The number of fused-ring (bicyclic) bond motifs is 2. The van der Waals surface area contributed by atoms with Crippen LogP contribution in [0.3, 0.4) is 0 Å². The zero-order valence-corrected chi connectivity index (χ0v) is 28.5. The number of hydrogen-bond acceptors (Lipinski definition) is 10. The van der Waals surface area contributed by atoms with Gasteiger partial charge in [0.25, 0.3) is 20.0 Å². The van der Waals surface area contributed by atoms with Gasteiger partial charge in [0.1, 0.15) is 0 Å². The Kier molecular flexibility index (Phi) is 17.7. The Labute approximate surface area is 273 Å². The maximum atomic E-state index is 11.1. The van der Waals surface area contributed by atoms with Gasteiger partial charge in [-0.25, -0.2) is 0 Å². The molecule has 236 valence electrons. The number of hydrogen-bond donors (Lipinski definition) is 2. The Bertz CT molecular complexity index is 1630. The van der Waals surface area contributed by atoms with Gasteiger partial charge in [-0.1, -0.05) is 48.5 Å². The van der Waals surface area contributed by atoms with Crippen LogP contribution in [-0.2, 0) is 63.3 Å². The first-order valence-electron chi connectivity index (χ1n) is 12.3. The van der Waals surface area contributed by atoms with Crippen LogP contribution in [0.15, 0.2) is 116 Å². The quantitative estimate of drug-likeness (QED) is 0.180. The van der Waals surface area contributed by atoms with Crippen LogP contribution in [0.2, 0.25) is 0 Å². The molecule has 2 aromatic carbocycles. The number of rotatable bonds is 4. The predicted octanol–water partition coefficient (Wildman–Crippen LogP) is -1.62. The van der Waals surface area contributed by atoms with Crippen molar-refractivity contribution in [2.24, 2.45) is 8.80 Å². The minimum atomic E-state index is -3.68. The molecule has 0 saturated heterocycles. The van der Waals surface area contributed by atoms with E-state index in [9.17, 15) is 27.0 Å². The van der Waals surface area contributed by atoms with Gasteiger partial charge >= 0.3 is 19.5 Å². The van der Waals surface area contributed by atoms with Gasteiger partial charge in [0.2, 0.25) is 0 Å². The van der Waals surface area contributed by atoms with Crippen molar-refractivity contribution in [3.8, 4) is 0 Å². The minimum absolute atomic E-state index is 0. The molecule has 2 aliphatic rings. The molecule has 0 spiro atoms. The van der Waals surface area contributed by atoms with Crippen molar-refractivity contribution in [2.75, 3.05) is 13.2 Å². The van der Waals surface area contributed by atoms with Crippen molar-refractivity contribution in [1.29, 1.82) is 0 Å². The predicted molar refractivity (Wildman–Crippen MR) is 160 cm³/mol. The van der Waals surface area contributed by atoms with Gasteiger partial charge < -0.3 is 31.4 Å². The number of sulfonamides is 2. The Balaban J connectivity index is 0.000000567. The Hall–Kier alpha value is -3.96. The Morgan fingerprint density at radius 3 is 1.18 bits per heavy atom. The Morgan fingerprint density at radius 2 is 0.889 bits per heavy atom. The average molecular weight is 714 g/mol. The fourth-order valence-electron chi connectivity index (χ4n) is 3.47. The van der Waals surface area contributed by atoms with E-state index in [1.54, 1.807) is 36.7 Å². The monoisotopic (exact) mass is 712 g/mol. The van der Waals surface area contributed by atoms with Crippen molar-refractivity contribution < 1.29 is 67.7 Å². The van der Waals surface area contributed by atoms with E-state index in [1.807, 2.05) is 36.4 Å². The SMILES string of the molecule is O=S1(=O)N=C([O-])c2ccccc21.O=S1(=O)N=C([O-])c2ccccc21.OCCc1ccccn1.OCCc1ccccn1.[OH3+].[OH3+].[Zn+2]. The summed E-state index contributed by atoms with van der Waals surface area (Å²) in [6, 6.07) is 23.3. The first-order valence-corrected chi connectivity index (χ1v) is 15.2. The van der Waals surface area contributed by atoms with Gasteiger partial charge in [-0.15, -0.1) is 0 Å². The number of pyridine rings is 2. The van der Waals surface area contributed by atoms with Crippen molar-refractivity contribution in [3.63, 3.8) is 0 Å². The van der Waals surface area contributed by atoms with Crippen LogP contribution in [0.25, 0.3) is 0 Å². The normalized spacial score (nSPS) is 13.6. The molecule has 8 N–H and O–H groups in total. The molecule has 2 aromatic heterocycles. The van der Waals surface area contributed by atoms with Crippen molar-refractivity contribution in [2.45, 2.75) is 22.6 Å². The van der Waals surface area contributed by atoms with Crippen LogP contribution < -0.4 is 10.2 Å². The third-order valence-electron chi connectivity index (χ3n) is 5.39. The summed E-state index contributed by atoms with van der Waals surface area (Å²) in [6.45, 7) is 0.355. The van der Waals surface area contributed by atoms with Crippen molar-refractivity contribution >= 4 is 31.8 Å². The maximum absolute atomic E-state index is 11.1. The second kappa shape index (κ2) is 19.4. The molecule has 0 fully saturated rings. The molecule has 0 aliphatic carbocycles. The zero-order valence-electron chi connectivity index (χ0n) is 23.9. The second-order valence-corrected chi connectivity index (χ2v) is 11.5. The molecule has 45 heavy (non-hydrogen) atoms. The fourth-order valence-corrected chi connectivity index (χ4v) is 5.67. The first-order chi connectivity index (χ1) is 20.1. The largest absolute Gasteiger partial charge is 2.00 e. The van der Waals surface area contributed by atoms with E-state index in [2.05, 4.69) is 18.8 Å². The summed E-state index contributed by atoms with van der Waals surface area (Å²) in [5.41, 5.74) is 2.22. The second-order valence-electron chi connectivity index (χ2n) is 8.32. The molecular formula is C28H32N4O10S2Zn+2. The topological polar surface area (TPSA) is 271 Å². The summed E-state index contributed by atoms with van der Waals surface area (Å²) in [4.78, 5) is 8.04. The smallest absolute Gasteiger partial charge is 0.858 e. The van der Waals surface area contributed by atoms with E-state index in [0.29, 0.717) is 12.8 Å². The molecule has 0 amide bonds. The van der Waals surface area contributed by atoms with Gasteiger partial charge in [0.05, 0.1) is 9.79 Å². The molecule has 4 heterocycles. The van der Waals surface area contributed by atoms with Crippen LogP contribution >= 0.6 is 0 Å². The molecule has 0 atom stereocenters. The van der Waals surface area contributed by atoms with E-state index < -0.39 is 31.8 Å². The van der Waals surface area contributed by atoms with E-state index in [-0.39, 0.29) is 64.6 Å². The van der Waals surface area contributed by atoms with Crippen LogP contribution in [0.1, 0.15) is 22.5 Å². The number of aromatic nitrogens is 2. The molecule has 0 radical (unpaired) electrons. The van der Waals surface area contributed by atoms with Gasteiger partial charge in [-0.2, -0.15) is 25.6 Å². The van der Waals surface area contributed by atoms with Crippen molar-refractivity contribution in [3.05, 3.63) is 120 Å². The van der Waals surface area contributed by atoms with E-state index in [0.717, 1.165) is 11.4 Å². The number of aliphatic hydroxyl groups excluding tert-OH is 2. The number of nitrogens with zero attached hydrogens (tertiary/aromatic N) is 4. The third kappa shape index (κ3) is 11.8. The summed E-state index contributed by atoms with van der Waals surface area (Å²) in [7, 11) is -7.36. The molecule has 0 bridgehead atoms. The molecular weight excluding hydrogens is 682 g/mol. The average Bonchev–Trinajstić information content (AvgIpc) is 3.37. The summed E-state index contributed by atoms with van der Waals surface area (Å²) >= 11 is 0. The van der Waals surface area contributed by atoms with Gasteiger partial charge in [0, 0.05) is 72.8 Å². The molecule has 14 nitrogen and oxygen atoms in total. The molecule has 17 heteroatoms. The zero-order chi connectivity index (χ0) is 30.6. The van der Waals surface area contributed by atoms with Crippen LogP contribution in [0, 0.1) is 0 Å². The molecule has 2 aliphatic heterocycles. The van der Waals surface area contributed by atoms with Crippen molar-refractivity contribution in [1.82, 2.24) is 9.97 Å². The van der Waals surface area contributed by atoms with Gasteiger partial charge in [-0.3, -0.25) is 9.97 Å². The standard InChI is InChI=1S/2C7H5NO3S.2C7H9NO.2H2O.Zn/c2*9-7-5-3-1-2-4-6(5)12(10,11)8-7;2*9-6-4-7-3-1-2-5-8-7;;;/h2*1-4H,(H,8,9);2*1-3,5,9H,4,6H2;2*1H2;/q;;;;;;+2. The number of benzene rings is 2. The van der Waals surface area contributed by atoms with E-state index >= 15 is 0 Å². The van der Waals surface area contributed by atoms with Crippen LogP contribution in [-0.4, -0.2) is 62.0 Å². The van der Waals surface area contributed by atoms with Crippen LogP contribution in [0.5, 0.6) is 0 Å². The summed E-state index contributed by atoms with van der Waals surface area (Å²) in [6.07, 6.45) is 4.76. The Morgan fingerprint density at radius 1 is 0.556 bits per heavy atom. The fraction of sp³-hybridized carbons (Fsp3) is 0.143. The van der Waals surface area contributed by atoms with Crippen LogP contribution in [0.4, 0.5) is 0 Å². The summed E-state index contributed by atoms with van der Waals surface area (Å²) in [5.74, 6) is -1.35. The van der Waals surface area contributed by atoms with E-state index in [1.165, 1.54) is 24.3 Å². The maximum Gasteiger partial charge on any atom is 2.00 e. The van der Waals surface area contributed by atoms with Gasteiger partial charge in [-0.05, 0) is 36.4 Å². The van der Waals surface area contributed by atoms with E-state index in [4.69, 9.17) is 10.2 Å². The summed E-state index contributed by atoms with van der Waals surface area (Å²) in [5, 5.41) is 38.8. The van der Waals surface area contributed by atoms with Gasteiger partial charge in [0.15, 0.2) is 0 Å². The molecule has 0 saturated carbocycles. The number of aliphatic hydroxyl groups is 2. The molecule has 6 rings (SSSR count). The minimum Gasteiger partial charge on any atom is -0.858 e. The first kappa shape index (κ1) is 41.0. The molecule has 4 aromatic rings. The summed E-state index contributed by atoms with van der Waals surface area (Å²) < 4.78 is 50.3. The molecule has 0 unspecified atom stereocenters. The third-order valence-corrected chi connectivity index (χ3v) is 8.02.